The highest BCUT2D eigenvalue weighted by molar-refractivity contribution is 6.30. The number of benzene rings is 2. The van der Waals surface area contributed by atoms with Gasteiger partial charge in [0.2, 0.25) is 10.9 Å². The maximum absolute atomic E-state index is 12.1. The van der Waals surface area contributed by atoms with Crippen molar-refractivity contribution in [2.45, 2.75) is 0 Å². The van der Waals surface area contributed by atoms with Crippen molar-refractivity contribution >= 4 is 28.3 Å². The number of rotatable bonds is 2. The predicted molar refractivity (Wildman–Crippen MR) is 83.3 cm³/mol. The summed E-state index contributed by atoms with van der Waals surface area (Å²) in [5, 5.41) is 4.49. The van der Waals surface area contributed by atoms with Crippen LogP contribution in [0.5, 0.6) is 0 Å². The molecule has 0 saturated carbocycles. The van der Waals surface area contributed by atoms with E-state index in [0.29, 0.717) is 21.4 Å². The minimum Gasteiger partial charge on any atom is -0.287 e. The second-order valence-corrected chi connectivity index (χ2v) is 5.05. The van der Waals surface area contributed by atoms with Gasteiger partial charge >= 0.3 is 0 Å². The maximum atomic E-state index is 12.1. The van der Waals surface area contributed by atoms with Gasteiger partial charge in [0, 0.05) is 21.4 Å². The molecule has 1 amide bonds. The first-order valence-electron chi connectivity index (χ1n) is 6.40. The molecule has 6 heteroatoms. The molecule has 0 fully saturated rings. The van der Waals surface area contributed by atoms with Crippen molar-refractivity contribution in [1.29, 1.82) is 0 Å². The summed E-state index contributed by atoms with van der Waals surface area (Å²) >= 11 is 5.74. The van der Waals surface area contributed by atoms with Crippen LogP contribution < -0.4 is 21.6 Å². The van der Waals surface area contributed by atoms with E-state index in [1.54, 1.807) is 36.4 Å². The average Bonchev–Trinajstić information content (AvgIpc) is 2.78. The predicted octanol–water partition coefficient (Wildman–Crippen LogP) is 1.33. The Morgan fingerprint density at radius 1 is 0.909 bits per heavy atom. The van der Waals surface area contributed by atoms with E-state index in [-0.39, 0.29) is 5.36 Å². The Hall–Kier alpha value is -2.79. The van der Waals surface area contributed by atoms with Crippen LogP contribution in [0.25, 0.3) is 10.8 Å². The van der Waals surface area contributed by atoms with Gasteiger partial charge in [0.25, 0.3) is 5.91 Å². The van der Waals surface area contributed by atoms with Crippen LogP contribution in [0.15, 0.2) is 63.2 Å². The lowest BCUT2D eigenvalue weighted by Gasteiger charge is -1.98. The van der Waals surface area contributed by atoms with Gasteiger partial charge in [0.15, 0.2) is 5.36 Å². The van der Waals surface area contributed by atoms with E-state index in [0.717, 1.165) is 0 Å². The van der Waals surface area contributed by atoms with Crippen molar-refractivity contribution in [3.8, 4) is 0 Å². The summed E-state index contributed by atoms with van der Waals surface area (Å²) in [5.41, 5.74) is 1.57. The molecule has 3 rings (SSSR count). The summed E-state index contributed by atoms with van der Waals surface area (Å²) in [4.78, 5) is 36.1. The molecule has 3 aromatic carbocycles. The van der Waals surface area contributed by atoms with Gasteiger partial charge in [0.05, 0.1) is 0 Å². The summed E-state index contributed by atoms with van der Waals surface area (Å²) in [7, 11) is 0. The van der Waals surface area contributed by atoms with Crippen LogP contribution in [-0.4, -0.2) is 5.91 Å². The van der Waals surface area contributed by atoms with Gasteiger partial charge in [-0.3, -0.25) is 14.4 Å². The van der Waals surface area contributed by atoms with Crippen molar-refractivity contribution in [3.05, 3.63) is 84.9 Å². The zero-order valence-corrected chi connectivity index (χ0v) is 11.9. The fourth-order valence-electron chi connectivity index (χ4n) is 2.11. The third kappa shape index (κ3) is 2.42. The molecular weight excluding hydrogens is 304 g/mol. The Labute approximate surface area is 129 Å². The molecule has 5 nitrogen and oxygen atoms in total. The summed E-state index contributed by atoms with van der Waals surface area (Å²) in [6.45, 7) is 0. The number of carbonyl (C=O) groups excluding carboxylic acids is 1. The quantitative estimate of drug-likeness (QED) is 0.725. The van der Waals surface area contributed by atoms with E-state index in [9.17, 15) is 14.4 Å². The maximum Gasteiger partial charge on any atom is 0.271 e. The molecule has 0 unspecified atom stereocenters. The Kier molecular flexibility index (Phi) is 3.56. The minimum absolute atomic E-state index is 0.288. The minimum atomic E-state index is -0.527. The number of amides is 1. The summed E-state index contributed by atoms with van der Waals surface area (Å²) in [5.74, 6) is -0.527. The van der Waals surface area contributed by atoms with Crippen LogP contribution in [0, 0.1) is 0 Å². The summed E-state index contributed by atoms with van der Waals surface area (Å²) in [6.07, 6.45) is 0. The molecule has 22 heavy (non-hydrogen) atoms. The number of nitrogens with zero attached hydrogens (tertiary/aromatic N) is 1. The Balaban J connectivity index is 2.00. The third-order valence-electron chi connectivity index (χ3n) is 3.22. The molecule has 0 radical (unpaired) electrons. The van der Waals surface area contributed by atoms with Crippen molar-refractivity contribution in [2.75, 3.05) is 0 Å². The highest BCUT2D eigenvalue weighted by atomic mass is 35.5. The zero-order chi connectivity index (χ0) is 15.7. The molecule has 0 aliphatic heterocycles. The van der Waals surface area contributed by atoms with Crippen LogP contribution in [0.3, 0.4) is 0 Å². The third-order valence-corrected chi connectivity index (χ3v) is 3.47. The first-order chi connectivity index (χ1) is 10.6. The average molecular weight is 313 g/mol. The molecule has 0 spiro atoms. The topological polar surface area (TPSA) is 75.6 Å². The highest BCUT2D eigenvalue weighted by Gasteiger charge is 2.11. The molecule has 0 heterocycles. The lowest BCUT2D eigenvalue weighted by atomic mass is 10.2. The monoisotopic (exact) mass is 312 g/mol. The van der Waals surface area contributed by atoms with E-state index in [4.69, 9.17) is 11.6 Å². The molecule has 0 aliphatic carbocycles. The largest absolute Gasteiger partial charge is 0.287 e. The van der Waals surface area contributed by atoms with Gasteiger partial charge in [-0.05, 0) is 24.3 Å². The smallest absolute Gasteiger partial charge is 0.271 e. The number of hydrogen-bond acceptors (Lipinski definition) is 4. The second-order valence-electron chi connectivity index (χ2n) is 4.61. The van der Waals surface area contributed by atoms with Gasteiger partial charge in [-0.15, -0.1) is 0 Å². The van der Waals surface area contributed by atoms with Crippen molar-refractivity contribution in [2.24, 2.45) is 5.10 Å². The normalized spacial score (nSPS) is 10.6. The van der Waals surface area contributed by atoms with Crippen molar-refractivity contribution < 1.29 is 4.79 Å². The van der Waals surface area contributed by atoms with E-state index in [1.807, 2.05) is 0 Å². The molecule has 0 aliphatic rings. The molecule has 0 aromatic heterocycles. The fraction of sp³-hybridized carbons (Fsp3) is 0. The van der Waals surface area contributed by atoms with Crippen LogP contribution >= 0.6 is 11.6 Å². The Morgan fingerprint density at radius 3 is 2.00 bits per heavy atom. The van der Waals surface area contributed by atoms with Crippen molar-refractivity contribution in [1.82, 2.24) is 5.43 Å². The Morgan fingerprint density at radius 2 is 1.45 bits per heavy atom. The molecule has 3 aromatic rings. The molecule has 1 N–H and O–H groups in total. The number of halogens is 1. The first kappa shape index (κ1) is 14.2. The molecule has 0 bridgehead atoms. The first-order valence-corrected chi connectivity index (χ1v) is 6.78. The van der Waals surface area contributed by atoms with Crippen LogP contribution in [0.1, 0.15) is 10.4 Å². The van der Waals surface area contributed by atoms with E-state index < -0.39 is 16.8 Å². The molecular formula is C16H9ClN2O3. The number of hydrogen-bond donors (Lipinski definition) is 1. The Bertz CT molecular complexity index is 966. The molecule has 0 atom stereocenters. The van der Waals surface area contributed by atoms with Crippen LogP contribution in [0.2, 0.25) is 5.02 Å². The summed E-state index contributed by atoms with van der Waals surface area (Å²) < 4.78 is 0. The van der Waals surface area contributed by atoms with Gasteiger partial charge < -0.3 is 0 Å². The second kappa shape index (κ2) is 5.54. The van der Waals surface area contributed by atoms with Gasteiger partial charge in [-0.25, -0.2) is 5.43 Å². The van der Waals surface area contributed by atoms with Crippen LogP contribution in [0.4, 0.5) is 0 Å². The number of nitrogens with one attached hydrogen (secondary N) is 1. The van der Waals surface area contributed by atoms with E-state index >= 15 is 0 Å². The summed E-state index contributed by atoms with van der Waals surface area (Å²) in [6, 6.07) is 12.6. The van der Waals surface area contributed by atoms with E-state index in [1.165, 1.54) is 12.1 Å². The molecule has 108 valence electrons. The SMILES string of the molecule is O=C(NN=c1c(=O)c2ccccc2c1=O)c1ccc(Cl)cc1. The van der Waals surface area contributed by atoms with Crippen LogP contribution in [-0.2, 0) is 0 Å². The standard InChI is InChI=1S/C16H9ClN2O3/c17-10-7-5-9(6-8-10)16(22)19-18-13-14(20)11-3-1-2-4-12(11)15(13)21/h1-8H,(H,19,22). The highest BCUT2D eigenvalue weighted by Crippen LogP contribution is 2.09. The zero-order valence-electron chi connectivity index (χ0n) is 11.2. The fourth-order valence-corrected chi connectivity index (χ4v) is 2.24. The van der Waals surface area contributed by atoms with Gasteiger partial charge in [0.1, 0.15) is 0 Å². The van der Waals surface area contributed by atoms with E-state index in [2.05, 4.69) is 10.5 Å². The lowest BCUT2D eigenvalue weighted by Crippen LogP contribution is -2.35. The number of fused-ring (bicyclic) bond motifs is 1. The lowest BCUT2D eigenvalue weighted by molar-refractivity contribution is 0.0953. The van der Waals surface area contributed by atoms with Crippen molar-refractivity contribution in [3.63, 3.8) is 0 Å². The van der Waals surface area contributed by atoms with Gasteiger partial charge in [-0.2, -0.15) is 5.10 Å². The molecule has 0 saturated heterocycles. The van der Waals surface area contributed by atoms with Gasteiger partial charge in [-0.1, -0.05) is 35.9 Å². The number of carbonyl (C=O) groups is 1.